The van der Waals surface area contributed by atoms with Crippen LogP contribution in [0.15, 0.2) is 42.5 Å². The number of carboxylic acid groups (broad SMARTS) is 1. The normalized spacial score (nSPS) is 11.7. The number of benzene rings is 2. The van der Waals surface area contributed by atoms with Gasteiger partial charge in [0.15, 0.2) is 0 Å². The third kappa shape index (κ3) is 5.08. The van der Waals surface area contributed by atoms with Crippen LogP contribution in [0.4, 0.5) is 0 Å². The summed E-state index contributed by atoms with van der Waals surface area (Å²) in [4.78, 5) is 34.3. The van der Waals surface area contributed by atoms with E-state index in [0.29, 0.717) is 0 Å². The van der Waals surface area contributed by atoms with Gasteiger partial charge in [0.1, 0.15) is 0 Å². The Labute approximate surface area is 139 Å². The van der Waals surface area contributed by atoms with E-state index in [2.05, 4.69) is 10.6 Å². The molecule has 0 aromatic heterocycles. The molecule has 1 atom stereocenters. The molecule has 0 aliphatic carbocycles. The van der Waals surface area contributed by atoms with Crippen LogP contribution in [0.1, 0.15) is 18.9 Å². The molecule has 0 fully saturated rings. The molecule has 24 heavy (non-hydrogen) atoms. The Kier molecular flexibility index (Phi) is 5.89. The molecule has 6 heteroatoms. The molecule has 0 heterocycles. The van der Waals surface area contributed by atoms with Gasteiger partial charge < -0.3 is 15.7 Å². The highest BCUT2D eigenvalue weighted by molar-refractivity contribution is 5.91. The average Bonchev–Trinajstić information content (AvgIpc) is 2.52. The topological polar surface area (TPSA) is 95.5 Å². The Bertz CT molecular complexity index is 752. The quantitative estimate of drug-likeness (QED) is 0.717. The third-order valence-corrected chi connectivity index (χ3v) is 3.57. The SMILES string of the molecule is CC(CC(=O)O)NC(=O)CNC(=O)Cc1cccc2ccccc12. The summed E-state index contributed by atoms with van der Waals surface area (Å²) in [6.07, 6.45) is 0.0228. The van der Waals surface area contributed by atoms with Crippen LogP contribution in [0.5, 0.6) is 0 Å². The summed E-state index contributed by atoms with van der Waals surface area (Å²) in [5.74, 6) is -1.65. The second-order valence-electron chi connectivity index (χ2n) is 5.66. The predicted molar refractivity (Wildman–Crippen MR) is 90.5 cm³/mol. The molecular weight excluding hydrogens is 308 g/mol. The van der Waals surface area contributed by atoms with E-state index in [0.717, 1.165) is 16.3 Å². The molecule has 1 unspecified atom stereocenters. The van der Waals surface area contributed by atoms with Crippen LogP contribution >= 0.6 is 0 Å². The van der Waals surface area contributed by atoms with Gasteiger partial charge in [0.05, 0.1) is 19.4 Å². The van der Waals surface area contributed by atoms with Gasteiger partial charge in [-0.15, -0.1) is 0 Å². The number of hydrogen-bond donors (Lipinski definition) is 3. The zero-order valence-electron chi connectivity index (χ0n) is 13.4. The van der Waals surface area contributed by atoms with Crippen molar-refractivity contribution in [3.05, 3.63) is 48.0 Å². The van der Waals surface area contributed by atoms with Gasteiger partial charge in [0.25, 0.3) is 0 Å². The van der Waals surface area contributed by atoms with E-state index in [1.54, 1.807) is 6.92 Å². The largest absolute Gasteiger partial charge is 0.481 e. The molecule has 0 aliphatic rings. The number of aliphatic carboxylic acids is 1. The number of amides is 2. The Morgan fingerprint density at radius 1 is 1.04 bits per heavy atom. The number of carbonyl (C=O) groups excluding carboxylic acids is 2. The van der Waals surface area contributed by atoms with Crippen molar-refractivity contribution in [1.82, 2.24) is 10.6 Å². The zero-order chi connectivity index (χ0) is 17.5. The standard InChI is InChI=1S/C18H20N2O4/c1-12(9-18(23)24)20-17(22)11-19-16(21)10-14-7-4-6-13-5-2-3-8-15(13)14/h2-8,12H,9-11H2,1H3,(H,19,21)(H,20,22)(H,23,24). The molecule has 0 radical (unpaired) electrons. The molecule has 3 N–H and O–H groups in total. The summed E-state index contributed by atoms with van der Waals surface area (Å²) < 4.78 is 0. The van der Waals surface area contributed by atoms with Crippen molar-refractivity contribution < 1.29 is 19.5 Å². The Balaban J connectivity index is 1.87. The fourth-order valence-corrected chi connectivity index (χ4v) is 2.50. The minimum Gasteiger partial charge on any atom is -0.481 e. The van der Waals surface area contributed by atoms with Gasteiger partial charge in [0.2, 0.25) is 11.8 Å². The number of carboxylic acids is 1. The lowest BCUT2D eigenvalue weighted by molar-refractivity contribution is -0.137. The second-order valence-corrected chi connectivity index (χ2v) is 5.66. The maximum Gasteiger partial charge on any atom is 0.305 e. The summed E-state index contributed by atoms with van der Waals surface area (Å²) in [6, 6.07) is 13.1. The maximum atomic E-state index is 12.0. The Morgan fingerprint density at radius 2 is 1.75 bits per heavy atom. The third-order valence-electron chi connectivity index (χ3n) is 3.57. The lowest BCUT2D eigenvalue weighted by Gasteiger charge is -2.12. The van der Waals surface area contributed by atoms with Crippen molar-refractivity contribution in [2.45, 2.75) is 25.8 Å². The van der Waals surface area contributed by atoms with Crippen molar-refractivity contribution in [1.29, 1.82) is 0 Å². The van der Waals surface area contributed by atoms with Crippen molar-refractivity contribution in [2.24, 2.45) is 0 Å². The van der Waals surface area contributed by atoms with Gasteiger partial charge >= 0.3 is 5.97 Å². The fraction of sp³-hybridized carbons (Fsp3) is 0.278. The molecular formula is C18H20N2O4. The lowest BCUT2D eigenvalue weighted by Crippen LogP contribution is -2.41. The summed E-state index contributed by atoms with van der Waals surface area (Å²) in [5, 5.41) is 15.8. The summed E-state index contributed by atoms with van der Waals surface area (Å²) in [7, 11) is 0. The highest BCUT2D eigenvalue weighted by atomic mass is 16.4. The number of fused-ring (bicyclic) bond motifs is 1. The van der Waals surface area contributed by atoms with E-state index in [1.165, 1.54) is 0 Å². The smallest absolute Gasteiger partial charge is 0.305 e. The minimum atomic E-state index is -0.984. The molecule has 2 rings (SSSR count). The first-order chi connectivity index (χ1) is 11.5. The van der Waals surface area contributed by atoms with E-state index in [9.17, 15) is 14.4 Å². The Hall–Kier alpha value is -2.89. The molecule has 0 saturated heterocycles. The maximum absolute atomic E-state index is 12.0. The monoisotopic (exact) mass is 328 g/mol. The average molecular weight is 328 g/mol. The lowest BCUT2D eigenvalue weighted by atomic mass is 10.0. The van der Waals surface area contributed by atoms with Crippen LogP contribution in [0.25, 0.3) is 10.8 Å². The molecule has 0 bridgehead atoms. The van der Waals surface area contributed by atoms with Crippen LogP contribution in [0.3, 0.4) is 0 Å². The van der Waals surface area contributed by atoms with E-state index in [-0.39, 0.29) is 25.3 Å². The van der Waals surface area contributed by atoms with Gasteiger partial charge in [-0.1, -0.05) is 42.5 Å². The number of hydrogen-bond acceptors (Lipinski definition) is 3. The van der Waals surface area contributed by atoms with Crippen molar-refractivity contribution in [2.75, 3.05) is 6.54 Å². The molecule has 2 amide bonds. The number of carbonyl (C=O) groups is 3. The van der Waals surface area contributed by atoms with Crippen LogP contribution in [-0.2, 0) is 20.8 Å². The first-order valence-electron chi connectivity index (χ1n) is 7.70. The molecule has 0 aliphatic heterocycles. The van der Waals surface area contributed by atoms with Crippen molar-refractivity contribution >= 4 is 28.6 Å². The van der Waals surface area contributed by atoms with Crippen LogP contribution in [0, 0.1) is 0 Å². The predicted octanol–water partition coefficient (Wildman–Crippen LogP) is 1.48. The van der Waals surface area contributed by atoms with Gasteiger partial charge in [-0.2, -0.15) is 0 Å². The van der Waals surface area contributed by atoms with Gasteiger partial charge in [0, 0.05) is 6.04 Å². The van der Waals surface area contributed by atoms with E-state index >= 15 is 0 Å². The zero-order valence-corrected chi connectivity index (χ0v) is 13.4. The fourth-order valence-electron chi connectivity index (χ4n) is 2.50. The van der Waals surface area contributed by atoms with Crippen LogP contribution in [0.2, 0.25) is 0 Å². The number of nitrogens with one attached hydrogen (secondary N) is 2. The van der Waals surface area contributed by atoms with Gasteiger partial charge in [-0.05, 0) is 23.3 Å². The molecule has 0 saturated carbocycles. The van der Waals surface area contributed by atoms with Crippen molar-refractivity contribution in [3.63, 3.8) is 0 Å². The summed E-state index contributed by atoms with van der Waals surface area (Å²) >= 11 is 0. The first kappa shape index (κ1) is 17.5. The highest BCUT2D eigenvalue weighted by Crippen LogP contribution is 2.18. The minimum absolute atomic E-state index is 0.157. The van der Waals surface area contributed by atoms with E-state index < -0.39 is 17.9 Å². The molecule has 0 spiro atoms. The molecule has 6 nitrogen and oxygen atoms in total. The van der Waals surface area contributed by atoms with Crippen molar-refractivity contribution in [3.8, 4) is 0 Å². The summed E-state index contributed by atoms with van der Waals surface area (Å²) in [6.45, 7) is 1.43. The highest BCUT2D eigenvalue weighted by Gasteiger charge is 2.12. The van der Waals surface area contributed by atoms with E-state index in [4.69, 9.17) is 5.11 Å². The molecule has 2 aromatic rings. The number of rotatable bonds is 7. The van der Waals surface area contributed by atoms with Gasteiger partial charge in [-0.25, -0.2) is 0 Å². The molecule has 126 valence electrons. The van der Waals surface area contributed by atoms with Gasteiger partial charge in [-0.3, -0.25) is 14.4 Å². The first-order valence-corrected chi connectivity index (χ1v) is 7.70. The summed E-state index contributed by atoms with van der Waals surface area (Å²) in [5.41, 5.74) is 0.894. The second kappa shape index (κ2) is 8.10. The van der Waals surface area contributed by atoms with Crippen LogP contribution < -0.4 is 10.6 Å². The Morgan fingerprint density at radius 3 is 2.50 bits per heavy atom. The van der Waals surface area contributed by atoms with Crippen LogP contribution in [-0.4, -0.2) is 35.5 Å². The molecule has 2 aromatic carbocycles. The van der Waals surface area contributed by atoms with E-state index in [1.807, 2.05) is 42.5 Å².